The van der Waals surface area contributed by atoms with Crippen LogP contribution in [0.5, 0.6) is 0 Å². The third-order valence-electron chi connectivity index (χ3n) is 4.54. The van der Waals surface area contributed by atoms with E-state index in [0.717, 1.165) is 0 Å². The van der Waals surface area contributed by atoms with Gasteiger partial charge in [0.2, 0.25) is 0 Å². The minimum atomic E-state index is -0.715. The Balaban J connectivity index is 1.90. The second-order valence-electron chi connectivity index (χ2n) is 7.02. The molecule has 0 aromatic carbocycles. The average Bonchev–Trinajstić information content (AvgIpc) is 3.17. The third-order valence-corrected chi connectivity index (χ3v) is 4.54. The standard InChI is InChI=1S/C17H26N6O3/c1-10(2)22(11(3)4)9-21-16-15-17(19-7-18-16)23(8-20-15)14-5-12(25)13(6-24)26-14/h7-14,24-25H,5-6H2,1-4H3/t12-,13+,14+/m0/s1. The fraction of sp³-hybridized carbons (Fsp3) is 0.647. The van der Waals surface area contributed by atoms with Gasteiger partial charge in [0, 0.05) is 18.5 Å². The largest absolute Gasteiger partial charge is 0.394 e. The van der Waals surface area contributed by atoms with E-state index in [9.17, 15) is 10.2 Å². The van der Waals surface area contributed by atoms with Crippen molar-refractivity contribution in [3.05, 3.63) is 12.7 Å². The van der Waals surface area contributed by atoms with E-state index in [1.54, 1.807) is 17.2 Å². The van der Waals surface area contributed by atoms with Gasteiger partial charge in [0.1, 0.15) is 18.7 Å². The number of ether oxygens (including phenoxy) is 1. The predicted molar refractivity (Wildman–Crippen MR) is 97.2 cm³/mol. The van der Waals surface area contributed by atoms with Crippen molar-refractivity contribution < 1.29 is 14.9 Å². The van der Waals surface area contributed by atoms with Crippen LogP contribution >= 0.6 is 0 Å². The van der Waals surface area contributed by atoms with Crippen LogP contribution in [0.1, 0.15) is 40.3 Å². The molecule has 3 atom stereocenters. The zero-order valence-electron chi connectivity index (χ0n) is 15.5. The molecule has 1 fully saturated rings. The fourth-order valence-corrected chi connectivity index (χ4v) is 3.18. The molecule has 0 spiro atoms. The summed E-state index contributed by atoms with van der Waals surface area (Å²) in [5, 5.41) is 19.2. The molecule has 0 saturated carbocycles. The fourth-order valence-electron chi connectivity index (χ4n) is 3.18. The van der Waals surface area contributed by atoms with Gasteiger partial charge >= 0.3 is 0 Å². The topological polar surface area (TPSA) is 109 Å². The van der Waals surface area contributed by atoms with Crippen LogP contribution in [0.15, 0.2) is 17.6 Å². The quantitative estimate of drug-likeness (QED) is 0.588. The van der Waals surface area contributed by atoms with E-state index in [2.05, 4.69) is 52.5 Å². The van der Waals surface area contributed by atoms with Gasteiger partial charge in [-0.1, -0.05) is 0 Å². The summed E-state index contributed by atoms with van der Waals surface area (Å²) < 4.78 is 7.44. The first-order valence-corrected chi connectivity index (χ1v) is 8.86. The van der Waals surface area contributed by atoms with Crippen LogP contribution in [0, 0.1) is 0 Å². The minimum Gasteiger partial charge on any atom is -0.394 e. The minimum absolute atomic E-state index is 0.227. The van der Waals surface area contributed by atoms with Gasteiger partial charge in [0.25, 0.3) is 0 Å². The Morgan fingerprint density at radius 1 is 1.31 bits per heavy atom. The lowest BCUT2D eigenvalue weighted by molar-refractivity contribution is -0.0432. The lowest BCUT2D eigenvalue weighted by atomic mass is 10.2. The van der Waals surface area contributed by atoms with Crippen molar-refractivity contribution in [1.82, 2.24) is 24.4 Å². The van der Waals surface area contributed by atoms with E-state index in [4.69, 9.17) is 4.74 Å². The van der Waals surface area contributed by atoms with Crippen molar-refractivity contribution >= 4 is 23.3 Å². The van der Waals surface area contributed by atoms with E-state index in [1.165, 1.54) is 6.33 Å². The average molecular weight is 362 g/mol. The number of aliphatic hydroxyl groups excluding tert-OH is 2. The smallest absolute Gasteiger partial charge is 0.184 e. The second-order valence-corrected chi connectivity index (χ2v) is 7.02. The van der Waals surface area contributed by atoms with Gasteiger partial charge < -0.3 is 19.8 Å². The number of fused-ring (bicyclic) bond motifs is 1. The molecule has 0 bridgehead atoms. The molecule has 1 aliphatic rings. The molecule has 3 heterocycles. The highest BCUT2D eigenvalue weighted by atomic mass is 16.5. The van der Waals surface area contributed by atoms with E-state index in [0.29, 0.717) is 35.5 Å². The Labute approximate surface area is 152 Å². The summed E-state index contributed by atoms with van der Waals surface area (Å²) in [6.07, 6.45) is 3.47. The highest BCUT2D eigenvalue weighted by Crippen LogP contribution is 2.31. The molecule has 0 radical (unpaired) electrons. The summed E-state index contributed by atoms with van der Waals surface area (Å²) in [7, 11) is 0. The highest BCUT2D eigenvalue weighted by Gasteiger charge is 2.35. The molecule has 1 aliphatic heterocycles. The maximum Gasteiger partial charge on any atom is 0.184 e. The summed E-state index contributed by atoms with van der Waals surface area (Å²) in [6.45, 7) is 8.20. The van der Waals surface area contributed by atoms with Crippen LogP contribution in [0.4, 0.5) is 5.82 Å². The lowest BCUT2D eigenvalue weighted by Crippen LogP contribution is -2.35. The first kappa shape index (κ1) is 18.7. The van der Waals surface area contributed by atoms with Crippen molar-refractivity contribution in [1.29, 1.82) is 0 Å². The number of imidazole rings is 1. The summed E-state index contributed by atoms with van der Waals surface area (Å²) >= 11 is 0. The zero-order chi connectivity index (χ0) is 18.8. The first-order valence-electron chi connectivity index (χ1n) is 8.86. The normalized spacial score (nSPS) is 23.8. The number of hydrogen-bond acceptors (Lipinski definition) is 7. The molecule has 9 nitrogen and oxygen atoms in total. The molecule has 26 heavy (non-hydrogen) atoms. The van der Waals surface area contributed by atoms with Gasteiger partial charge in [-0.2, -0.15) is 0 Å². The van der Waals surface area contributed by atoms with Gasteiger partial charge in [-0.3, -0.25) is 4.57 Å². The highest BCUT2D eigenvalue weighted by molar-refractivity contribution is 5.83. The van der Waals surface area contributed by atoms with Gasteiger partial charge in [-0.15, -0.1) is 0 Å². The van der Waals surface area contributed by atoms with E-state index in [1.807, 2.05) is 0 Å². The molecule has 1 saturated heterocycles. The Morgan fingerprint density at radius 3 is 2.65 bits per heavy atom. The SMILES string of the molecule is CC(C)N(C=Nc1ncnc2c1ncn2[C@H]1C[C@H](O)[C@@H](CO)O1)C(C)C. The number of aliphatic imine (C=N–C) groups is 1. The van der Waals surface area contributed by atoms with Gasteiger partial charge in [-0.25, -0.2) is 19.9 Å². The van der Waals surface area contributed by atoms with Crippen molar-refractivity contribution in [3.8, 4) is 0 Å². The first-order chi connectivity index (χ1) is 12.4. The summed E-state index contributed by atoms with van der Waals surface area (Å²) in [4.78, 5) is 19.6. The maximum absolute atomic E-state index is 9.95. The monoisotopic (exact) mass is 362 g/mol. The number of nitrogens with zero attached hydrogens (tertiary/aromatic N) is 6. The maximum atomic E-state index is 9.95. The summed E-state index contributed by atoms with van der Waals surface area (Å²) in [6, 6.07) is 0.634. The zero-order valence-corrected chi connectivity index (χ0v) is 15.5. The van der Waals surface area contributed by atoms with Gasteiger partial charge in [0.05, 0.1) is 25.4 Å². The Hall–Kier alpha value is -2.10. The molecular weight excluding hydrogens is 336 g/mol. The molecule has 0 amide bonds. The lowest BCUT2D eigenvalue weighted by Gasteiger charge is -2.27. The number of hydrogen-bond donors (Lipinski definition) is 2. The van der Waals surface area contributed by atoms with Crippen LogP contribution in [-0.4, -0.2) is 71.9 Å². The Morgan fingerprint density at radius 2 is 2.04 bits per heavy atom. The van der Waals surface area contributed by atoms with Crippen LogP contribution in [-0.2, 0) is 4.74 Å². The van der Waals surface area contributed by atoms with E-state index >= 15 is 0 Å². The van der Waals surface area contributed by atoms with Crippen molar-refractivity contribution in [2.24, 2.45) is 4.99 Å². The molecule has 3 rings (SSSR count). The third kappa shape index (κ3) is 3.55. The van der Waals surface area contributed by atoms with E-state index < -0.39 is 18.4 Å². The Bertz CT molecular complexity index is 767. The summed E-state index contributed by atoms with van der Waals surface area (Å²) in [5.74, 6) is 0.484. The predicted octanol–water partition coefficient (Wildman–Crippen LogP) is 1.25. The summed E-state index contributed by atoms with van der Waals surface area (Å²) in [5.41, 5.74) is 1.16. The second kappa shape index (κ2) is 7.65. The molecule has 2 aromatic rings. The number of aliphatic hydroxyl groups is 2. The molecular formula is C17H26N6O3. The molecule has 9 heteroatoms. The molecule has 142 valence electrons. The number of rotatable bonds is 6. The van der Waals surface area contributed by atoms with Crippen LogP contribution in [0.25, 0.3) is 11.2 Å². The Kier molecular flexibility index (Phi) is 5.49. The van der Waals surface area contributed by atoms with Crippen LogP contribution in [0.3, 0.4) is 0 Å². The van der Waals surface area contributed by atoms with Crippen LogP contribution in [0.2, 0.25) is 0 Å². The molecule has 0 unspecified atom stereocenters. The van der Waals surface area contributed by atoms with Crippen molar-refractivity contribution in [2.45, 2.75) is 64.6 Å². The van der Waals surface area contributed by atoms with Crippen molar-refractivity contribution in [3.63, 3.8) is 0 Å². The van der Waals surface area contributed by atoms with Crippen molar-refractivity contribution in [2.75, 3.05) is 6.61 Å². The molecule has 2 N–H and O–H groups in total. The van der Waals surface area contributed by atoms with Gasteiger partial charge in [-0.05, 0) is 27.7 Å². The van der Waals surface area contributed by atoms with E-state index in [-0.39, 0.29) is 6.61 Å². The molecule has 2 aromatic heterocycles. The molecule has 0 aliphatic carbocycles. The number of aromatic nitrogens is 4. The van der Waals surface area contributed by atoms with Crippen LogP contribution < -0.4 is 0 Å². The van der Waals surface area contributed by atoms with Gasteiger partial charge in [0.15, 0.2) is 17.0 Å².